The van der Waals surface area contributed by atoms with Crippen LogP contribution in [0.3, 0.4) is 0 Å². The number of hydrogen-bond donors (Lipinski definition) is 1. The van der Waals surface area contributed by atoms with Crippen molar-refractivity contribution >= 4 is 0 Å². The molecular weight excluding hydrogens is 206 g/mol. The van der Waals surface area contributed by atoms with Gasteiger partial charge in [-0.05, 0) is 63.1 Å². The van der Waals surface area contributed by atoms with Gasteiger partial charge in [0.1, 0.15) is 0 Å². The molecule has 1 aromatic rings. The number of aryl methyl sites for hydroxylation is 3. The Labute approximate surface area is 106 Å². The van der Waals surface area contributed by atoms with Gasteiger partial charge in [-0.3, -0.25) is 0 Å². The summed E-state index contributed by atoms with van der Waals surface area (Å²) in [6.45, 7) is 8.82. The molecule has 2 N–H and O–H groups in total. The lowest BCUT2D eigenvalue weighted by Crippen LogP contribution is -2.19. The Morgan fingerprint density at radius 1 is 1.06 bits per heavy atom. The summed E-state index contributed by atoms with van der Waals surface area (Å²) < 4.78 is 0. The van der Waals surface area contributed by atoms with Gasteiger partial charge < -0.3 is 5.73 Å². The van der Waals surface area contributed by atoms with E-state index in [1.807, 2.05) is 0 Å². The summed E-state index contributed by atoms with van der Waals surface area (Å²) in [5.41, 5.74) is 11.8. The Balaban J connectivity index is 2.52. The molecule has 0 aliphatic rings. The second kappa shape index (κ2) is 6.80. The lowest BCUT2D eigenvalue weighted by Gasteiger charge is -2.13. The second-order valence-corrected chi connectivity index (χ2v) is 5.32. The smallest absolute Gasteiger partial charge is 0.00388 e. The molecule has 1 aromatic carbocycles. The predicted molar refractivity (Wildman–Crippen MR) is 76.5 cm³/mol. The number of hydrogen-bond acceptors (Lipinski definition) is 1. The van der Waals surface area contributed by atoms with E-state index < -0.39 is 0 Å². The summed E-state index contributed by atoms with van der Waals surface area (Å²) >= 11 is 0. The zero-order valence-electron chi connectivity index (χ0n) is 11.8. The van der Waals surface area contributed by atoms with Gasteiger partial charge in [-0.15, -0.1) is 0 Å². The fourth-order valence-corrected chi connectivity index (χ4v) is 2.66. The first-order chi connectivity index (χ1) is 8.04. The standard InChI is InChI=1S/C16H27N/c1-5-7-15(17)8-6-9-16-13(3)10-12(2)11-14(16)4/h10-11,15H,5-9,17H2,1-4H3. The molecule has 1 nitrogen and oxygen atoms in total. The minimum absolute atomic E-state index is 0.395. The van der Waals surface area contributed by atoms with Gasteiger partial charge in [-0.2, -0.15) is 0 Å². The third-order valence-corrected chi connectivity index (χ3v) is 3.50. The normalized spacial score (nSPS) is 12.8. The van der Waals surface area contributed by atoms with E-state index in [2.05, 4.69) is 39.8 Å². The van der Waals surface area contributed by atoms with Crippen LogP contribution in [0.25, 0.3) is 0 Å². The maximum Gasteiger partial charge on any atom is 0.00388 e. The van der Waals surface area contributed by atoms with E-state index in [1.54, 1.807) is 0 Å². The van der Waals surface area contributed by atoms with E-state index >= 15 is 0 Å². The van der Waals surface area contributed by atoms with Crippen molar-refractivity contribution in [2.24, 2.45) is 5.73 Å². The number of rotatable bonds is 6. The number of nitrogens with two attached hydrogens (primary N) is 1. The highest BCUT2D eigenvalue weighted by molar-refractivity contribution is 5.37. The molecule has 0 saturated heterocycles. The van der Waals surface area contributed by atoms with Crippen LogP contribution in [-0.2, 0) is 6.42 Å². The van der Waals surface area contributed by atoms with Gasteiger partial charge in [-0.1, -0.05) is 31.0 Å². The van der Waals surface area contributed by atoms with Gasteiger partial charge in [0.15, 0.2) is 0 Å². The Bertz CT molecular complexity index is 332. The van der Waals surface area contributed by atoms with Crippen LogP contribution in [0.2, 0.25) is 0 Å². The summed E-state index contributed by atoms with van der Waals surface area (Å²) in [4.78, 5) is 0. The van der Waals surface area contributed by atoms with Gasteiger partial charge in [0.25, 0.3) is 0 Å². The second-order valence-electron chi connectivity index (χ2n) is 5.32. The molecule has 0 amide bonds. The van der Waals surface area contributed by atoms with Crippen molar-refractivity contribution in [1.29, 1.82) is 0 Å². The van der Waals surface area contributed by atoms with Crippen molar-refractivity contribution < 1.29 is 0 Å². The van der Waals surface area contributed by atoms with Gasteiger partial charge >= 0.3 is 0 Å². The first-order valence-corrected chi connectivity index (χ1v) is 6.87. The highest BCUT2D eigenvalue weighted by Gasteiger charge is 2.05. The van der Waals surface area contributed by atoms with Crippen molar-refractivity contribution in [1.82, 2.24) is 0 Å². The van der Waals surface area contributed by atoms with E-state index in [4.69, 9.17) is 5.73 Å². The molecule has 1 atom stereocenters. The highest BCUT2D eigenvalue weighted by Crippen LogP contribution is 2.19. The van der Waals surface area contributed by atoms with Crippen LogP contribution in [0.15, 0.2) is 12.1 Å². The molecular formula is C16H27N. The molecule has 0 radical (unpaired) electrons. The SMILES string of the molecule is CCCC(N)CCCc1c(C)cc(C)cc1C. The molecule has 0 saturated carbocycles. The van der Waals surface area contributed by atoms with Crippen LogP contribution < -0.4 is 5.73 Å². The Morgan fingerprint density at radius 2 is 1.65 bits per heavy atom. The third kappa shape index (κ3) is 4.51. The predicted octanol–water partition coefficient (Wildman–Crippen LogP) is 4.06. The van der Waals surface area contributed by atoms with E-state index in [0.717, 1.165) is 12.8 Å². The van der Waals surface area contributed by atoms with Crippen LogP contribution in [0.1, 0.15) is 54.9 Å². The molecule has 0 fully saturated rings. The van der Waals surface area contributed by atoms with E-state index in [1.165, 1.54) is 41.5 Å². The number of benzene rings is 1. The minimum atomic E-state index is 0.395. The zero-order chi connectivity index (χ0) is 12.8. The molecule has 0 heterocycles. The first kappa shape index (κ1) is 14.2. The maximum atomic E-state index is 6.05. The molecule has 1 heteroatoms. The van der Waals surface area contributed by atoms with Gasteiger partial charge in [0, 0.05) is 6.04 Å². The quantitative estimate of drug-likeness (QED) is 0.787. The molecule has 1 unspecified atom stereocenters. The first-order valence-electron chi connectivity index (χ1n) is 6.87. The van der Waals surface area contributed by atoms with Crippen LogP contribution >= 0.6 is 0 Å². The third-order valence-electron chi connectivity index (χ3n) is 3.50. The Morgan fingerprint density at radius 3 is 2.18 bits per heavy atom. The monoisotopic (exact) mass is 233 g/mol. The van der Waals surface area contributed by atoms with Crippen molar-refractivity contribution in [2.45, 2.75) is 65.8 Å². The van der Waals surface area contributed by atoms with Crippen molar-refractivity contribution in [3.63, 3.8) is 0 Å². The minimum Gasteiger partial charge on any atom is -0.328 e. The molecule has 0 spiro atoms. The topological polar surface area (TPSA) is 26.0 Å². The summed E-state index contributed by atoms with van der Waals surface area (Å²) in [6, 6.07) is 4.97. The molecule has 0 aliphatic carbocycles. The molecule has 0 aromatic heterocycles. The van der Waals surface area contributed by atoms with E-state index in [0.29, 0.717) is 6.04 Å². The van der Waals surface area contributed by atoms with Crippen molar-refractivity contribution in [2.75, 3.05) is 0 Å². The highest BCUT2D eigenvalue weighted by atomic mass is 14.6. The fourth-order valence-electron chi connectivity index (χ4n) is 2.66. The summed E-state index contributed by atoms with van der Waals surface area (Å²) in [5, 5.41) is 0. The largest absolute Gasteiger partial charge is 0.328 e. The fraction of sp³-hybridized carbons (Fsp3) is 0.625. The lowest BCUT2D eigenvalue weighted by molar-refractivity contribution is 0.539. The van der Waals surface area contributed by atoms with Gasteiger partial charge in [0.2, 0.25) is 0 Å². The molecule has 0 aliphatic heterocycles. The van der Waals surface area contributed by atoms with Crippen LogP contribution in [-0.4, -0.2) is 6.04 Å². The average molecular weight is 233 g/mol. The van der Waals surface area contributed by atoms with E-state index in [-0.39, 0.29) is 0 Å². The molecule has 17 heavy (non-hydrogen) atoms. The molecule has 1 rings (SSSR count). The summed E-state index contributed by atoms with van der Waals surface area (Å²) in [6.07, 6.45) is 5.90. The molecule has 0 bridgehead atoms. The van der Waals surface area contributed by atoms with Crippen LogP contribution in [0.5, 0.6) is 0 Å². The van der Waals surface area contributed by atoms with Gasteiger partial charge in [-0.25, -0.2) is 0 Å². The summed E-state index contributed by atoms with van der Waals surface area (Å²) in [7, 11) is 0. The summed E-state index contributed by atoms with van der Waals surface area (Å²) in [5.74, 6) is 0. The lowest BCUT2D eigenvalue weighted by atomic mass is 9.94. The van der Waals surface area contributed by atoms with Crippen LogP contribution in [0, 0.1) is 20.8 Å². The Kier molecular flexibility index (Phi) is 5.70. The van der Waals surface area contributed by atoms with E-state index in [9.17, 15) is 0 Å². The van der Waals surface area contributed by atoms with Gasteiger partial charge in [0.05, 0.1) is 0 Å². The van der Waals surface area contributed by atoms with Crippen LogP contribution in [0.4, 0.5) is 0 Å². The van der Waals surface area contributed by atoms with Crippen molar-refractivity contribution in [3.05, 3.63) is 34.4 Å². The Hall–Kier alpha value is -0.820. The molecule has 96 valence electrons. The average Bonchev–Trinajstić information content (AvgIpc) is 2.22. The zero-order valence-corrected chi connectivity index (χ0v) is 11.8. The maximum absolute atomic E-state index is 6.05. The van der Waals surface area contributed by atoms with Crippen molar-refractivity contribution in [3.8, 4) is 0 Å².